The number of aromatic amines is 1. The minimum Gasteiger partial charge on any atom is -0.358 e. The van der Waals surface area contributed by atoms with E-state index in [1.54, 1.807) is 0 Å². The van der Waals surface area contributed by atoms with Gasteiger partial charge >= 0.3 is 0 Å². The molecule has 0 saturated heterocycles. The first-order valence-corrected chi connectivity index (χ1v) is 7.11. The van der Waals surface area contributed by atoms with Gasteiger partial charge in [0, 0.05) is 16.6 Å². The average Bonchev–Trinajstić information content (AvgIpc) is 2.82. The molecule has 3 aromatic rings. The van der Waals surface area contributed by atoms with Crippen LogP contribution in [0.1, 0.15) is 50.8 Å². The lowest BCUT2D eigenvalue weighted by atomic mass is 9.97. The van der Waals surface area contributed by atoms with Crippen LogP contribution in [0.15, 0.2) is 36.4 Å². The fourth-order valence-electron chi connectivity index (χ4n) is 2.64. The third-order valence-corrected chi connectivity index (χ3v) is 3.95. The van der Waals surface area contributed by atoms with Gasteiger partial charge in [0.1, 0.15) is 0 Å². The highest BCUT2D eigenvalue weighted by Gasteiger charge is 2.08. The molecule has 0 saturated carbocycles. The van der Waals surface area contributed by atoms with Gasteiger partial charge in [-0.05, 0) is 40.3 Å². The first-order chi connectivity index (χ1) is 9.06. The van der Waals surface area contributed by atoms with E-state index in [-0.39, 0.29) is 0 Å². The summed E-state index contributed by atoms with van der Waals surface area (Å²) in [6, 6.07) is 13.6. The van der Waals surface area contributed by atoms with Crippen LogP contribution in [0.4, 0.5) is 0 Å². The van der Waals surface area contributed by atoms with Crippen LogP contribution < -0.4 is 0 Å². The van der Waals surface area contributed by atoms with Crippen molar-refractivity contribution >= 4 is 21.7 Å². The van der Waals surface area contributed by atoms with Crippen LogP contribution >= 0.6 is 0 Å². The topological polar surface area (TPSA) is 15.8 Å². The first-order valence-electron chi connectivity index (χ1n) is 7.11. The van der Waals surface area contributed by atoms with Crippen LogP contribution in [-0.2, 0) is 0 Å². The number of hydrogen-bond acceptors (Lipinski definition) is 0. The van der Waals surface area contributed by atoms with Crippen LogP contribution in [0, 0.1) is 0 Å². The molecule has 1 heterocycles. The van der Waals surface area contributed by atoms with Crippen molar-refractivity contribution in [3.63, 3.8) is 0 Å². The van der Waals surface area contributed by atoms with E-state index in [1.807, 2.05) is 0 Å². The molecule has 1 N–H and O–H groups in total. The van der Waals surface area contributed by atoms with E-state index in [4.69, 9.17) is 0 Å². The molecule has 1 nitrogen and oxygen atoms in total. The fraction of sp³-hybridized carbons (Fsp3) is 0.333. The minimum absolute atomic E-state index is 0.538. The lowest BCUT2D eigenvalue weighted by Gasteiger charge is -2.07. The summed E-state index contributed by atoms with van der Waals surface area (Å²) in [7, 11) is 0. The molecule has 1 aromatic heterocycles. The quantitative estimate of drug-likeness (QED) is 0.613. The Labute approximate surface area is 114 Å². The molecule has 0 bridgehead atoms. The Morgan fingerprint density at radius 3 is 2.21 bits per heavy atom. The molecule has 0 aliphatic carbocycles. The Bertz CT molecular complexity index is 732. The molecule has 0 aliphatic rings. The maximum Gasteiger partial charge on any atom is 0.0462 e. The second-order valence-corrected chi connectivity index (χ2v) is 6.04. The summed E-state index contributed by atoms with van der Waals surface area (Å²) < 4.78 is 0. The molecular weight excluding hydrogens is 230 g/mol. The summed E-state index contributed by atoms with van der Waals surface area (Å²) in [6.45, 7) is 8.95. The largest absolute Gasteiger partial charge is 0.358 e. The Morgan fingerprint density at radius 1 is 0.789 bits per heavy atom. The third-order valence-electron chi connectivity index (χ3n) is 3.95. The van der Waals surface area contributed by atoms with Gasteiger partial charge in [-0.25, -0.2) is 0 Å². The molecule has 1 heteroatoms. The van der Waals surface area contributed by atoms with E-state index in [0.717, 1.165) is 0 Å². The zero-order valence-corrected chi connectivity index (χ0v) is 12.1. The third kappa shape index (κ3) is 2.03. The number of hydrogen-bond donors (Lipinski definition) is 1. The lowest BCUT2D eigenvalue weighted by molar-refractivity contribution is 0.836. The van der Waals surface area contributed by atoms with Gasteiger partial charge in [-0.3, -0.25) is 0 Å². The number of H-pyrrole nitrogens is 1. The summed E-state index contributed by atoms with van der Waals surface area (Å²) in [6.07, 6.45) is 0. The maximum absolute atomic E-state index is 3.54. The molecule has 0 unspecified atom stereocenters. The van der Waals surface area contributed by atoms with Crippen LogP contribution in [0.5, 0.6) is 0 Å². The number of rotatable bonds is 2. The zero-order chi connectivity index (χ0) is 13.6. The van der Waals surface area contributed by atoms with Crippen LogP contribution in [0.3, 0.4) is 0 Å². The van der Waals surface area contributed by atoms with Crippen LogP contribution in [-0.4, -0.2) is 4.98 Å². The van der Waals surface area contributed by atoms with Gasteiger partial charge in [0.2, 0.25) is 0 Å². The van der Waals surface area contributed by atoms with Crippen molar-refractivity contribution < 1.29 is 0 Å². The highest BCUT2D eigenvalue weighted by Crippen LogP contribution is 2.30. The van der Waals surface area contributed by atoms with E-state index in [0.29, 0.717) is 11.8 Å². The van der Waals surface area contributed by atoms with Crippen molar-refractivity contribution in [3.05, 3.63) is 47.7 Å². The fourth-order valence-corrected chi connectivity index (χ4v) is 2.64. The Hall–Kier alpha value is -1.76. The van der Waals surface area contributed by atoms with Gasteiger partial charge < -0.3 is 4.98 Å². The number of aromatic nitrogens is 1. The smallest absolute Gasteiger partial charge is 0.0462 e. The average molecular weight is 251 g/mol. The van der Waals surface area contributed by atoms with Gasteiger partial charge in [-0.1, -0.05) is 52.0 Å². The summed E-state index contributed by atoms with van der Waals surface area (Å²) in [5.74, 6) is 1.11. The number of benzene rings is 2. The number of nitrogens with one attached hydrogen (secondary N) is 1. The van der Waals surface area contributed by atoms with Crippen molar-refractivity contribution in [1.29, 1.82) is 0 Å². The van der Waals surface area contributed by atoms with Crippen LogP contribution in [0.25, 0.3) is 21.7 Å². The SMILES string of the molecule is CC(C)c1ccc2ccc3[nH]c(C(C)C)cc3c2c1. The Morgan fingerprint density at radius 2 is 1.53 bits per heavy atom. The molecule has 0 amide bonds. The van der Waals surface area contributed by atoms with E-state index >= 15 is 0 Å². The molecule has 0 atom stereocenters. The summed E-state index contributed by atoms with van der Waals surface area (Å²) in [4.78, 5) is 3.54. The molecule has 0 spiro atoms. The molecule has 98 valence electrons. The Balaban J connectivity index is 2.33. The van der Waals surface area contributed by atoms with Gasteiger partial charge in [0.15, 0.2) is 0 Å². The first kappa shape index (κ1) is 12.3. The summed E-state index contributed by atoms with van der Waals surface area (Å²) >= 11 is 0. The normalized spacial score (nSPS) is 12.1. The van der Waals surface area contributed by atoms with Crippen molar-refractivity contribution in [1.82, 2.24) is 4.98 Å². The monoisotopic (exact) mass is 251 g/mol. The van der Waals surface area contributed by atoms with Gasteiger partial charge in [0.25, 0.3) is 0 Å². The van der Waals surface area contributed by atoms with Crippen molar-refractivity contribution in [3.8, 4) is 0 Å². The van der Waals surface area contributed by atoms with Gasteiger partial charge in [-0.15, -0.1) is 0 Å². The van der Waals surface area contributed by atoms with E-state index in [2.05, 4.69) is 69.1 Å². The Kier molecular flexibility index (Phi) is 2.85. The van der Waals surface area contributed by atoms with E-state index in [1.165, 1.54) is 32.9 Å². The molecule has 3 rings (SSSR count). The standard InChI is InChI=1S/C18H21N/c1-11(2)14-6-5-13-7-8-17-16(15(13)9-14)10-18(19-17)12(3)4/h5-12,19H,1-4H3. The molecule has 0 fully saturated rings. The summed E-state index contributed by atoms with van der Waals surface area (Å²) in [5.41, 5.74) is 3.97. The summed E-state index contributed by atoms with van der Waals surface area (Å²) in [5, 5.41) is 4.04. The molecular formula is C18H21N. The lowest BCUT2D eigenvalue weighted by Crippen LogP contribution is -1.86. The molecule has 0 aliphatic heterocycles. The van der Waals surface area contributed by atoms with Crippen molar-refractivity contribution in [2.24, 2.45) is 0 Å². The zero-order valence-electron chi connectivity index (χ0n) is 12.1. The second-order valence-electron chi connectivity index (χ2n) is 6.04. The van der Waals surface area contributed by atoms with E-state index in [9.17, 15) is 0 Å². The van der Waals surface area contributed by atoms with Crippen molar-refractivity contribution in [2.75, 3.05) is 0 Å². The van der Waals surface area contributed by atoms with Gasteiger partial charge in [-0.2, -0.15) is 0 Å². The van der Waals surface area contributed by atoms with Crippen LogP contribution in [0.2, 0.25) is 0 Å². The predicted molar refractivity (Wildman–Crippen MR) is 84.0 cm³/mol. The highest BCUT2D eigenvalue weighted by atomic mass is 14.7. The van der Waals surface area contributed by atoms with Crippen molar-refractivity contribution in [2.45, 2.75) is 39.5 Å². The number of fused-ring (bicyclic) bond motifs is 3. The molecule has 19 heavy (non-hydrogen) atoms. The van der Waals surface area contributed by atoms with Gasteiger partial charge in [0.05, 0.1) is 0 Å². The second kappa shape index (κ2) is 4.41. The van der Waals surface area contributed by atoms with E-state index < -0.39 is 0 Å². The minimum atomic E-state index is 0.538. The highest BCUT2D eigenvalue weighted by molar-refractivity contribution is 6.07. The predicted octanol–water partition coefficient (Wildman–Crippen LogP) is 5.57. The molecule has 0 radical (unpaired) electrons. The molecule has 2 aromatic carbocycles. The maximum atomic E-state index is 3.54.